The Labute approximate surface area is 133 Å². The second-order valence-corrected chi connectivity index (χ2v) is 5.58. The average Bonchev–Trinajstić information content (AvgIpc) is 2.51. The molecule has 0 saturated carbocycles. The monoisotopic (exact) mass is 302 g/mol. The summed E-state index contributed by atoms with van der Waals surface area (Å²) in [5.41, 5.74) is 3.93. The second-order valence-electron chi connectivity index (χ2n) is 5.58. The SMILES string of the molecule is CC=C(C)C(=O)OC(C)c1ccc(OC)c(CC=C(C)C)c1. The Bertz CT molecular complexity index is 578. The Hall–Kier alpha value is -2.03. The molecule has 3 heteroatoms. The molecule has 0 spiro atoms. The molecule has 0 aliphatic rings. The van der Waals surface area contributed by atoms with Crippen molar-refractivity contribution < 1.29 is 14.3 Å². The van der Waals surface area contributed by atoms with E-state index in [1.165, 1.54) is 5.57 Å². The second kappa shape index (κ2) is 8.42. The number of ether oxygens (including phenoxy) is 2. The number of carbonyl (C=O) groups excluding carboxylic acids is 1. The highest BCUT2D eigenvalue weighted by Gasteiger charge is 2.14. The van der Waals surface area contributed by atoms with E-state index in [-0.39, 0.29) is 12.1 Å². The molecule has 3 nitrogen and oxygen atoms in total. The highest BCUT2D eigenvalue weighted by Crippen LogP contribution is 2.26. The van der Waals surface area contributed by atoms with E-state index in [1.54, 1.807) is 20.1 Å². The number of methoxy groups -OCH3 is 1. The number of hydrogen-bond donors (Lipinski definition) is 0. The third-order valence-electron chi connectivity index (χ3n) is 3.54. The summed E-state index contributed by atoms with van der Waals surface area (Å²) in [6, 6.07) is 5.91. The van der Waals surface area contributed by atoms with Crippen LogP contribution in [0.5, 0.6) is 5.75 Å². The lowest BCUT2D eigenvalue weighted by Crippen LogP contribution is -2.10. The summed E-state index contributed by atoms with van der Waals surface area (Å²) in [6.07, 6.45) is 4.42. The summed E-state index contributed by atoms with van der Waals surface area (Å²) in [7, 11) is 1.67. The van der Waals surface area contributed by atoms with Gasteiger partial charge in [-0.25, -0.2) is 4.79 Å². The molecule has 120 valence electrons. The molecule has 0 saturated heterocycles. The highest BCUT2D eigenvalue weighted by molar-refractivity contribution is 5.87. The van der Waals surface area contributed by atoms with Gasteiger partial charge in [-0.15, -0.1) is 0 Å². The zero-order valence-electron chi connectivity index (χ0n) is 14.4. The van der Waals surface area contributed by atoms with Crippen LogP contribution < -0.4 is 4.74 Å². The molecule has 1 unspecified atom stereocenters. The van der Waals surface area contributed by atoms with Gasteiger partial charge in [0.1, 0.15) is 11.9 Å². The Morgan fingerprint density at radius 3 is 2.50 bits per heavy atom. The molecular weight excluding hydrogens is 276 g/mol. The van der Waals surface area contributed by atoms with Crippen LogP contribution in [-0.2, 0) is 16.0 Å². The van der Waals surface area contributed by atoms with Crippen LogP contribution in [0, 0.1) is 0 Å². The van der Waals surface area contributed by atoms with E-state index in [0.29, 0.717) is 5.57 Å². The first-order valence-corrected chi connectivity index (χ1v) is 7.53. The molecule has 1 rings (SSSR count). The molecule has 0 radical (unpaired) electrons. The van der Waals surface area contributed by atoms with E-state index in [0.717, 1.165) is 23.3 Å². The summed E-state index contributed by atoms with van der Waals surface area (Å²) >= 11 is 0. The van der Waals surface area contributed by atoms with Gasteiger partial charge in [0.25, 0.3) is 0 Å². The molecule has 0 aliphatic heterocycles. The fourth-order valence-electron chi connectivity index (χ4n) is 1.96. The van der Waals surface area contributed by atoms with Crippen LogP contribution in [0.15, 0.2) is 41.5 Å². The van der Waals surface area contributed by atoms with Crippen LogP contribution in [-0.4, -0.2) is 13.1 Å². The Balaban J connectivity index is 2.97. The van der Waals surface area contributed by atoms with Crippen molar-refractivity contribution in [2.75, 3.05) is 7.11 Å². The maximum atomic E-state index is 11.9. The zero-order chi connectivity index (χ0) is 16.7. The van der Waals surface area contributed by atoms with Crippen LogP contribution in [0.1, 0.15) is 51.8 Å². The fraction of sp³-hybridized carbons (Fsp3) is 0.421. The van der Waals surface area contributed by atoms with Gasteiger partial charge in [-0.2, -0.15) is 0 Å². The molecule has 22 heavy (non-hydrogen) atoms. The fourth-order valence-corrected chi connectivity index (χ4v) is 1.96. The molecule has 1 aromatic rings. The lowest BCUT2D eigenvalue weighted by atomic mass is 10.0. The van der Waals surface area contributed by atoms with Crippen molar-refractivity contribution in [2.24, 2.45) is 0 Å². The Morgan fingerprint density at radius 1 is 1.27 bits per heavy atom. The van der Waals surface area contributed by atoms with Gasteiger partial charge in [0.15, 0.2) is 0 Å². The van der Waals surface area contributed by atoms with Crippen LogP contribution in [0.3, 0.4) is 0 Å². The van der Waals surface area contributed by atoms with E-state index in [4.69, 9.17) is 9.47 Å². The molecule has 0 heterocycles. The number of rotatable bonds is 6. The minimum atomic E-state index is -0.293. The number of benzene rings is 1. The molecule has 0 aromatic heterocycles. The number of esters is 1. The molecule has 0 fully saturated rings. The first kappa shape index (κ1) is 18.0. The van der Waals surface area contributed by atoms with Crippen molar-refractivity contribution in [3.8, 4) is 5.75 Å². The van der Waals surface area contributed by atoms with E-state index < -0.39 is 0 Å². The summed E-state index contributed by atoms with van der Waals surface area (Å²) in [4.78, 5) is 11.9. The summed E-state index contributed by atoms with van der Waals surface area (Å²) < 4.78 is 10.9. The maximum Gasteiger partial charge on any atom is 0.333 e. The highest BCUT2D eigenvalue weighted by atomic mass is 16.5. The minimum absolute atomic E-state index is 0.281. The molecular formula is C19H26O3. The largest absolute Gasteiger partial charge is 0.496 e. The minimum Gasteiger partial charge on any atom is -0.496 e. The van der Waals surface area contributed by atoms with Crippen molar-refractivity contribution in [1.29, 1.82) is 0 Å². The lowest BCUT2D eigenvalue weighted by molar-refractivity contribution is -0.143. The topological polar surface area (TPSA) is 35.5 Å². The zero-order valence-corrected chi connectivity index (χ0v) is 14.4. The first-order valence-electron chi connectivity index (χ1n) is 7.53. The van der Waals surface area contributed by atoms with Crippen molar-refractivity contribution >= 4 is 5.97 Å². The number of hydrogen-bond acceptors (Lipinski definition) is 3. The van der Waals surface area contributed by atoms with Gasteiger partial charge in [-0.05, 0) is 64.3 Å². The van der Waals surface area contributed by atoms with Gasteiger partial charge in [-0.1, -0.05) is 23.8 Å². The van der Waals surface area contributed by atoms with Crippen molar-refractivity contribution in [3.05, 3.63) is 52.6 Å². The number of allylic oxidation sites excluding steroid dienone is 3. The van der Waals surface area contributed by atoms with E-state index in [2.05, 4.69) is 19.9 Å². The summed E-state index contributed by atoms with van der Waals surface area (Å²) in [5.74, 6) is 0.570. The summed E-state index contributed by atoms with van der Waals surface area (Å²) in [6.45, 7) is 9.60. The normalized spacial score (nSPS) is 12.5. The van der Waals surface area contributed by atoms with Gasteiger partial charge >= 0.3 is 5.97 Å². The quantitative estimate of drug-likeness (QED) is 0.431. The van der Waals surface area contributed by atoms with Crippen molar-refractivity contribution in [2.45, 2.75) is 47.1 Å². The maximum absolute atomic E-state index is 11.9. The van der Waals surface area contributed by atoms with E-state index in [9.17, 15) is 4.79 Å². The first-order chi connectivity index (χ1) is 10.4. The van der Waals surface area contributed by atoms with E-state index >= 15 is 0 Å². The van der Waals surface area contributed by atoms with Gasteiger partial charge in [0.2, 0.25) is 0 Å². The van der Waals surface area contributed by atoms with Gasteiger partial charge in [0.05, 0.1) is 7.11 Å². The van der Waals surface area contributed by atoms with Gasteiger partial charge in [0, 0.05) is 5.57 Å². The van der Waals surface area contributed by atoms with E-state index in [1.807, 2.05) is 32.0 Å². The van der Waals surface area contributed by atoms with Crippen molar-refractivity contribution in [1.82, 2.24) is 0 Å². The Kier molecular flexibility index (Phi) is 6.90. The number of carbonyl (C=O) groups is 1. The lowest BCUT2D eigenvalue weighted by Gasteiger charge is -2.16. The van der Waals surface area contributed by atoms with Crippen LogP contribution >= 0.6 is 0 Å². The smallest absolute Gasteiger partial charge is 0.333 e. The van der Waals surface area contributed by atoms with Gasteiger partial charge < -0.3 is 9.47 Å². The average molecular weight is 302 g/mol. The molecule has 0 aliphatic carbocycles. The van der Waals surface area contributed by atoms with Crippen LogP contribution in [0.25, 0.3) is 0 Å². The standard InChI is InChI=1S/C19H26O3/c1-7-14(4)19(20)22-15(5)16-10-11-18(21-6)17(12-16)9-8-13(2)3/h7-8,10-12,15H,9H2,1-6H3. The van der Waals surface area contributed by atoms with Crippen LogP contribution in [0.4, 0.5) is 0 Å². The molecule has 0 N–H and O–H groups in total. The van der Waals surface area contributed by atoms with Crippen molar-refractivity contribution in [3.63, 3.8) is 0 Å². The van der Waals surface area contributed by atoms with Crippen LogP contribution in [0.2, 0.25) is 0 Å². The predicted octanol–water partition coefficient (Wildman–Crippen LogP) is 4.77. The Morgan fingerprint density at radius 2 is 1.95 bits per heavy atom. The molecule has 1 atom stereocenters. The molecule has 0 bridgehead atoms. The third-order valence-corrected chi connectivity index (χ3v) is 3.54. The molecule has 0 amide bonds. The predicted molar refractivity (Wildman–Crippen MR) is 90.1 cm³/mol. The molecule has 1 aromatic carbocycles. The third kappa shape index (κ3) is 5.06. The van der Waals surface area contributed by atoms with Gasteiger partial charge in [-0.3, -0.25) is 0 Å². The summed E-state index contributed by atoms with van der Waals surface area (Å²) in [5, 5.41) is 0.